The predicted molar refractivity (Wildman–Crippen MR) is 145 cm³/mol. The molecular weight excluding hydrogens is 482 g/mol. The van der Waals surface area contributed by atoms with Gasteiger partial charge in [-0.15, -0.1) is 0 Å². The van der Waals surface area contributed by atoms with Crippen molar-refractivity contribution in [2.24, 2.45) is 0 Å². The Kier molecular flexibility index (Phi) is 6.93. The number of thiocarbonyl (C=S) groups is 1. The molecule has 2 aliphatic rings. The Hall–Kier alpha value is -2.90. The summed E-state index contributed by atoms with van der Waals surface area (Å²) >= 11 is 11.4. The number of carbonyl (C=O) groups is 2. The van der Waals surface area contributed by atoms with Gasteiger partial charge in [0.2, 0.25) is 0 Å². The monoisotopic (exact) mass is 511 g/mol. The van der Waals surface area contributed by atoms with Gasteiger partial charge >= 0.3 is 0 Å². The largest absolute Gasteiger partial charge is 0.496 e. The minimum atomic E-state index is -0.542. The summed E-state index contributed by atoms with van der Waals surface area (Å²) in [7, 11) is 1.60. The molecule has 0 spiro atoms. The maximum atomic E-state index is 13.5. The van der Waals surface area contributed by atoms with E-state index in [0.29, 0.717) is 27.9 Å². The molecule has 2 heterocycles. The smallest absolute Gasteiger partial charge is 0.270 e. The van der Waals surface area contributed by atoms with Crippen LogP contribution in [-0.2, 0) is 9.59 Å². The Morgan fingerprint density at radius 2 is 2.00 bits per heavy atom. The average molecular weight is 512 g/mol. The molecule has 1 saturated heterocycles. The van der Waals surface area contributed by atoms with Crippen LogP contribution < -0.4 is 19.9 Å². The normalized spacial score (nSPS) is 20.7. The van der Waals surface area contributed by atoms with E-state index < -0.39 is 11.8 Å². The maximum Gasteiger partial charge on any atom is 0.270 e. The highest BCUT2D eigenvalue weighted by atomic mass is 35.5. The zero-order valence-corrected chi connectivity index (χ0v) is 22.2. The van der Waals surface area contributed by atoms with Gasteiger partial charge in [0, 0.05) is 34.4 Å². The van der Waals surface area contributed by atoms with E-state index in [9.17, 15) is 9.59 Å². The molecule has 2 amide bonds. The summed E-state index contributed by atoms with van der Waals surface area (Å²) in [5.41, 5.74) is 3.46. The summed E-state index contributed by atoms with van der Waals surface area (Å²) in [6.45, 7) is 9.85. The Morgan fingerprint density at radius 3 is 2.66 bits per heavy atom. The number of fused-ring (bicyclic) bond motifs is 1. The number of methoxy groups -OCH3 is 1. The molecule has 0 radical (unpaired) electrons. The molecule has 2 aromatic carbocycles. The number of hydrogen-bond donors (Lipinski definition) is 1. The van der Waals surface area contributed by atoms with Crippen LogP contribution in [0.15, 0.2) is 42.0 Å². The highest BCUT2D eigenvalue weighted by molar-refractivity contribution is 7.80. The lowest BCUT2D eigenvalue weighted by atomic mass is 9.79. The minimum absolute atomic E-state index is 0.0137. The van der Waals surface area contributed by atoms with Gasteiger partial charge in [-0.05, 0) is 80.7 Å². The highest BCUT2D eigenvalue weighted by Gasteiger charge is 2.38. The second-order valence-electron chi connectivity index (χ2n) is 9.66. The zero-order chi connectivity index (χ0) is 25.5. The molecule has 1 fully saturated rings. The first-order valence-electron chi connectivity index (χ1n) is 11.7. The molecule has 1 N–H and O–H groups in total. The standard InChI is InChI=1S/C27H30ClN3O3S/c1-6-10-30-22-14-23(34-5)17(11-20(22)16(2)15-27(30,3)4)12-21-24(32)29-26(35)31(25(21)33)19-9-7-8-18(28)13-19/h7-9,11-14,16H,6,10,15H2,1-5H3,(H,29,32,35)/b21-12-. The van der Waals surface area contributed by atoms with Crippen LogP contribution in [0.3, 0.4) is 0 Å². The summed E-state index contributed by atoms with van der Waals surface area (Å²) < 4.78 is 5.73. The summed E-state index contributed by atoms with van der Waals surface area (Å²) in [5.74, 6) is -0.143. The Bertz CT molecular complexity index is 1240. The zero-order valence-electron chi connectivity index (χ0n) is 20.6. The second-order valence-corrected chi connectivity index (χ2v) is 10.5. The summed E-state index contributed by atoms with van der Waals surface area (Å²) in [6.07, 6.45) is 3.62. The SMILES string of the molecule is CCCN1c2cc(OC)c(/C=C3/C(=O)NC(=S)N(c4cccc(Cl)c4)C3=O)cc2C(C)CC1(C)C. The molecule has 0 saturated carbocycles. The molecule has 184 valence electrons. The van der Waals surface area contributed by atoms with Gasteiger partial charge in [0.05, 0.1) is 12.8 Å². The van der Waals surface area contributed by atoms with Gasteiger partial charge in [0.1, 0.15) is 11.3 Å². The fraction of sp³-hybridized carbons (Fsp3) is 0.370. The molecule has 6 nitrogen and oxygen atoms in total. The maximum absolute atomic E-state index is 13.5. The molecule has 35 heavy (non-hydrogen) atoms. The van der Waals surface area contributed by atoms with Crippen LogP contribution in [0.5, 0.6) is 5.75 Å². The summed E-state index contributed by atoms with van der Waals surface area (Å²) in [4.78, 5) is 30.0. The molecule has 0 aliphatic carbocycles. The second kappa shape index (κ2) is 9.63. The molecule has 4 rings (SSSR count). The van der Waals surface area contributed by atoms with E-state index in [1.807, 2.05) is 12.1 Å². The van der Waals surface area contributed by atoms with E-state index in [1.54, 1.807) is 37.5 Å². The quantitative estimate of drug-likeness (QED) is 0.318. The fourth-order valence-electron chi connectivity index (χ4n) is 5.13. The van der Waals surface area contributed by atoms with Crippen LogP contribution in [0, 0.1) is 0 Å². The number of benzene rings is 2. The number of anilines is 2. The van der Waals surface area contributed by atoms with Crippen molar-refractivity contribution in [1.29, 1.82) is 0 Å². The molecule has 2 aliphatic heterocycles. The van der Waals surface area contributed by atoms with E-state index in [0.717, 1.165) is 25.1 Å². The van der Waals surface area contributed by atoms with Gasteiger partial charge in [0.25, 0.3) is 11.8 Å². The van der Waals surface area contributed by atoms with Crippen molar-refractivity contribution in [1.82, 2.24) is 5.32 Å². The van der Waals surface area contributed by atoms with E-state index >= 15 is 0 Å². The fourth-order valence-corrected chi connectivity index (χ4v) is 5.59. The molecular formula is C27H30ClN3O3S. The molecule has 2 aromatic rings. The van der Waals surface area contributed by atoms with Gasteiger partial charge < -0.3 is 9.64 Å². The van der Waals surface area contributed by atoms with Crippen LogP contribution in [0.25, 0.3) is 6.08 Å². The number of halogens is 1. The van der Waals surface area contributed by atoms with E-state index in [2.05, 4.69) is 37.9 Å². The third kappa shape index (κ3) is 4.67. The van der Waals surface area contributed by atoms with Crippen LogP contribution in [-0.4, -0.2) is 36.1 Å². The third-order valence-electron chi connectivity index (χ3n) is 6.65. The number of ether oxygens (including phenoxy) is 1. The number of rotatable bonds is 5. The van der Waals surface area contributed by atoms with Gasteiger partial charge in [-0.3, -0.25) is 19.8 Å². The van der Waals surface area contributed by atoms with Crippen LogP contribution in [0.1, 0.15) is 57.6 Å². The lowest BCUT2D eigenvalue weighted by molar-refractivity contribution is -0.122. The van der Waals surface area contributed by atoms with Gasteiger partial charge in [-0.1, -0.05) is 31.5 Å². The number of nitrogens with one attached hydrogen (secondary N) is 1. The highest BCUT2D eigenvalue weighted by Crippen LogP contribution is 2.46. The predicted octanol–water partition coefficient (Wildman–Crippen LogP) is 5.68. The van der Waals surface area contributed by atoms with Crippen molar-refractivity contribution in [3.8, 4) is 5.75 Å². The van der Waals surface area contributed by atoms with Gasteiger partial charge in [-0.25, -0.2) is 0 Å². The Balaban J connectivity index is 1.81. The molecule has 0 aromatic heterocycles. The third-order valence-corrected chi connectivity index (χ3v) is 7.17. The Morgan fingerprint density at radius 1 is 1.26 bits per heavy atom. The summed E-state index contributed by atoms with van der Waals surface area (Å²) in [6, 6.07) is 10.9. The lowest BCUT2D eigenvalue weighted by Gasteiger charge is -2.48. The van der Waals surface area contributed by atoms with E-state index in [4.69, 9.17) is 28.6 Å². The van der Waals surface area contributed by atoms with Crippen LogP contribution >= 0.6 is 23.8 Å². The van der Waals surface area contributed by atoms with Crippen molar-refractivity contribution < 1.29 is 14.3 Å². The van der Waals surface area contributed by atoms with Crippen molar-refractivity contribution in [3.63, 3.8) is 0 Å². The van der Waals surface area contributed by atoms with Gasteiger partial charge in [0.15, 0.2) is 5.11 Å². The van der Waals surface area contributed by atoms with Crippen LogP contribution in [0.4, 0.5) is 11.4 Å². The molecule has 1 unspecified atom stereocenters. The number of amides is 2. The number of nitrogens with zero attached hydrogens (tertiary/aromatic N) is 2. The molecule has 8 heteroatoms. The average Bonchev–Trinajstić information content (AvgIpc) is 2.78. The number of carbonyl (C=O) groups excluding carboxylic acids is 2. The first-order chi connectivity index (χ1) is 16.6. The van der Waals surface area contributed by atoms with Gasteiger partial charge in [-0.2, -0.15) is 0 Å². The van der Waals surface area contributed by atoms with E-state index in [-0.39, 0.29) is 16.2 Å². The lowest BCUT2D eigenvalue weighted by Crippen LogP contribution is -2.54. The summed E-state index contributed by atoms with van der Waals surface area (Å²) in [5, 5.41) is 3.11. The Labute approximate surface area is 216 Å². The van der Waals surface area contributed by atoms with Crippen molar-refractivity contribution in [2.45, 2.75) is 52.0 Å². The van der Waals surface area contributed by atoms with E-state index in [1.165, 1.54) is 10.5 Å². The molecule has 1 atom stereocenters. The van der Waals surface area contributed by atoms with Crippen molar-refractivity contribution in [3.05, 3.63) is 58.1 Å². The first kappa shape index (κ1) is 25.2. The van der Waals surface area contributed by atoms with Crippen molar-refractivity contribution >= 4 is 58.2 Å². The van der Waals surface area contributed by atoms with Crippen LogP contribution in [0.2, 0.25) is 5.02 Å². The number of hydrogen-bond acceptors (Lipinski definition) is 5. The molecule has 0 bridgehead atoms. The first-order valence-corrected chi connectivity index (χ1v) is 12.5. The van der Waals surface area contributed by atoms with Crippen molar-refractivity contribution in [2.75, 3.05) is 23.5 Å². The topological polar surface area (TPSA) is 61.9 Å². The minimum Gasteiger partial charge on any atom is -0.496 e.